The van der Waals surface area contributed by atoms with Gasteiger partial charge in [0.1, 0.15) is 5.75 Å². The van der Waals surface area contributed by atoms with E-state index in [0.717, 1.165) is 12.2 Å². The number of benzene rings is 1. The molecule has 0 N–H and O–H groups in total. The highest BCUT2D eigenvalue weighted by Crippen LogP contribution is 2.40. The molecule has 1 aromatic rings. The predicted octanol–water partition coefficient (Wildman–Crippen LogP) is 4.71. The Kier molecular flexibility index (Phi) is 4.21. The van der Waals surface area contributed by atoms with Gasteiger partial charge in [0.05, 0.1) is 15.2 Å². The second-order valence-corrected chi connectivity index (χ2v) is 12.6. The number of rotatable bonds is 4. The van der Waals surface area contributed by atoms with E-state index in [0.29, 0.717) is 0 Å². The zero-order valence-electron chi connectivity index (χ0n) is 14.5. The first kappa shape index (κ1) is 16.1. The van der Waals surface area contributed by atoms with Crippen molar-refractivity contribution in [2.24, 2.45) is 0 Å². The fourth-order valence-corrected chi connectivity index (χ4v) is 4.67. The van der Waals surface area contributed by atoms with Crippen molar-refractivity contribution in [2.75, 3.05) is 7.11 Å². The number of hydrogen-bond acceptors (Lipinski definition) is 1. The minimum atomic E-state index is -1.44. The van der Waals surface area contributed by atoms with Crippen molar-refractivity contribution in [1.29, 1.82) is 0 Å². The Balaban J connectivity index is 2.68. The molecule has 114 valence electrons. The molecule has 2 heteroatoms. The van der Waals surface area contributed by atoms with E-state index in [1.54, 1.807) is 0 Å². The van der Waals surface area contributed by atoms with Gasteiger partial charge in [0, 0.05) is 11.0 Å². The molecule has 0 saturated heterocycles. The van der Waals surface area contributed by atoms with E-state index in [1.165, 1.54) is 21.9 Å². The Bertz CT molecular complexity index is 601. The lowest BCUT2D eigenvalue weighted by atomic mass is 9.77. The molecule has 0 aliphatic heterocycles. The second kappa shape index (κ2) is 5.49. The smallest absolute Gasteiger partial charge is 0.122 e. The molecule has 0 saturated carbocycles. The van der Waals surface area contributed by atoms with Crippen LogP contribution in [-0.2, 0) is 5.41 Å². The van der Waals surface area contributed by atoms with Gasteiger partial charge in [-0.3, -0.25) is 0 Å². The number of allylic oxidation sites excluding steroid dienone is 4. The van der Waals surface area contributed by atoms with Gasteiger partial charge in [0.2, 0.25) is 0 Å². The minimum Gasteiger partial charge on any atom is -0.497 e. The molecule has 0 aromatic heterocycles. The maximum absolute atomic E-state index is 5.89. The molecular weight excluding hydrogens is 272 g/mol. The highest BCUT2D eigenvalue weighted by Gasteiger charge is 2.32. The Hall–Kier alpha value is -1.28. The van der Waals surface area contributed by atoms with E-state index in [-0.39, 0.29) is 5.41 Å². The Labute approximate surface area is 130 Å². The van der Waals surface area contributed by atoms with E-state index >= 15 is 0 Å². The monoisotopic (exact) mass is 300 g/mol. The van der Waals surface area contributed by atoms with Gasteiger partial charge in [-0.1, -0.05) is 69.4 Å². The van der Waals surface area contributed by atoms with Crippen LogP contribution >= 0.6 is 0 Å². The van der Waals surface area contributed by atoms with Gasteiger partial charge in [0.25, 0.3) is 0 Å². The summed E-state index contributed by atoms with van der Waals surface area (Å²) in [6.45, 7) is 14.0. The van der Waals surface area contributed by atoms with E-state index in [1.807, 2.05) is 7.11 Å². The minimum absolute atomic E-state index is 0.0151. The van der Waals surface area contributed by atoms with Gasteiger partial charge in [-0.25, -0.2) is 0 Å². The molecule has 2 rings (SSSR count). The maximum Gasteiger partial charge on any atom is 0.122 e. The molecule has 1 aromatic carbocycles. The van der Waals surface area contributed by atoms with Gasteiger partial charge in [-0.2, -0.15) is 0 Å². The molecule has 0 bridgehead atoms. The molecular formula is C19H28OSi. The third-order valence-electron chi connectivity index (χ3n) is 4.41. The van der Waals surface area contributed by atoms with Crippen LogP contribution in [0.25, 0.3) is 0 Å². The van der Waals surface area contributed by atoms with Crippen LogP contribution in [0.2, 0.25) is 19.6 Å². The topological polar surface area (TPSA) is 9.23 Å². The lowest BCUT2D eigenvalue weighted by Crippen LogP contribution is -2.40. The Morgan fingerprint density at radius 3 is 2.29 bits per heavy atom. The van der Waals surface area contributed by atoms with Crippen LogP contribution in [0.1, 0.15) is 31.4 Å². The summed E-state index contributed by atoms with van der Waals surface area (Å²) in [6, 6.07) is 4.62. The molecule has 21 heavy (non-hydrogen) atoms. The summed E-state index contributed by atoms with van der Waals surface area (Å²) in [5.41, 5.74) is 4.03. The van der Waals surface area contributed by atoms with Crippen LogP contribution in [-0.4, -0.2) is 15.2 Å². The first-order valence-electron chi connectivity index (χ1n) is 7.74. The third-order valence-corrected chi connectivity index (χ3v) is 6.40. The number of methoxy groups -OCH3 is 1. The summed E-state index contributed by atoms with van der Waals surface area (Å²) in [4.78, 5) is 0. The van der Waals surface area contributed by atoms with Crippen molar-refractivity contribution >= 4 is 13.3 Å². The van der Waals surface area contributed by atoms with E-state index in [2.05, 4.69) is 70.8 Å². The quantitative estimate of drug-likeness (QED) is 0.732. The van der Waals surface area contributed by atoms with Crippen LogP contribution in [0, 0.1) is 6.92 Å². The summed E-state index contributed by atoms with van der Waals surface area (Å²) < 4.78 is 5.89. The third kappa shape index (κ3) is 3.01. The molecule has 1 aliphatic carbocycles. The predicted molar refractivity (Wildman–Crippen MR) is 95.6 cm³/mol. The molecule has 0 amide bonds. The van der Waals surface area contributed by atoms with Crippen molar-refractivity contribution in [3.63, 3.8) is 0 Å². The fraction of sp³-hybridized carbons (Fsp3) is 0.474. The first-order chi connectivity index (χ1) is 9.67. The summed E-state index contributed by atoms with van der Waals surface area (Å²) in [5.74, 6) is 1.10. The van der Waals surface area contributed by atoms with Gasteiger partial charge >= 0.3 is 0 Å². The van der Waals surface area contributed by atoms with Crippen LogP contribution in [0.3, 0.4) is 0 Å². The largest absolute Gasteiger partial charge is 0.497 e. The summed E-state index contributed by atoms with van der Waals surface area (Å²) in [7, 11) is 0.370. The average Bonchev–Trinajstić information content (AvgIpc) is 2.91. The van der Waals surface area contributed by atoms with Crippen LogP contribution in [0.15, 0.2) is 35.9 Å². The van der Waals surface area contributed by atoms with Crippen LogP contribution < -0.4 is 9.92 Å². The van der Waals surface area contributed by atoms with Crippen molar-refractivity contribution in [1.82, 2.24) is 0 Å². The molecule has 0 radical (unpaired) electrons. The summed E-state index contributed by atoms with van der Waals surface area (Å²) in [6.07, 6.45) is 7.87. The zero-order valence-corrected chi connectivity index (χ0v) is 15.5. The van der Waals surface area contributed by atoms with Crippen LogP contribution in [0.5, 0.6) is 5.75 Å². The first-order valence-corrected chi connectivity index (χ1v) is 11.2. The van der Waals surface area contributed by atoms with E-state index in [9.17, 15) is 0 Å². The fourth-order valence-electron chi connectivity index (χ4n) is 3.09. The van der Waals surface area contributed by atoms with Gasteiger partial charge in [0.15, 0.2) is 0 Å². The number of hydrogen-bond donors (Lipinski definition) is 0. The lowest BCUT2D eigenvalue weighted by Gasteiger charge is -2.32. The second-order valence-electron chi connectivity index (χ2n) is 7.57. The van der Waals surface area contributed by atoms with Crippen molar-refractivity contribution in [3.8, 4) is 5.75 Å². The average molecular weight is 301 g/mol. The lowest BCUT2D eigenvalue weighted by molar-refractivity contribution is 0.404. The Morgan fingerprint density at radius 1 is 1.14 bits per heavy atom. The molecule has 0 unspecified atom stereocenters. The maximum atomic E-state index is 5.89. The standard InChI is InChI=1S/C19H28OSi/c1-14-12-16(19(2,3)15-10-8-9-11-15)18(20-4)17(13-14)21(5,6)7/h8,10-13H,9H2,1-7H3. The molecule has 1 nitrogen and oxygen atoms in total. The van der Waals surface area contributed by atoms with E-state index < -0.39 is 8.07 Å². The van der Waals surface area contributed by atoms with Crippen LogP contribution in [0.4, 0.5) is 0 Å². The molecule has 0 atom stereocenters. The number of ether oxygens (including phenoxy) is 1. The van der Waals surface area contributed by atoms with Gasteiger partial charge in [-0.15, -0.1) is 0 Å². The molecule has 0 fully saturated rings. The highest BCUT2D eigenvalue weighted by atomic mass is 28.3. The Morgan fingerprint density at radius 2 is 1.81 bits per heavy atom. The van der Waals surface area contributed by atoms with Crippen molar-refractivity contribution in [3.05, 3.63) is 47.1 Å². The number of aryl methyl sites for hydroxylation is 1. The normalized spacial score (nSPS) is 15.3. The zero-order chi connectivity index (χ0) is 15.8. The van der Waals surface area contributed by atoms with E-state index in [4.69, 9.17) is 4.74 Å². The van der Waals surface area contributed by atoms with Gasteiger partial charge in [-0.05, 0) is 24.1 Å². The highest BCUT2D eigenvalue weighted by molar-refractivity contribution is 6.89. The summed E-state index contributed by atoms with van der Waals surface area (Å²) >= 11 is 0. The molecule has 1 aliphatic rings. The van der Waals surface area contributed by atoms with Crippen molar-refractivity contribution in [2.45, 2.75) is 52.2 Å². The molecule has 0 spiro atoms. The van der Waals surface area contributed by atoms with Gasteiger partial charge < -0.3 is 4.74 Å². The molecule has 0 heterocycles. The SMILES string of the molecule is COc1c(C(C)(C)C2=CCC=C2)cc(C)cc1[Si](C)(C)C. The van der Waals surface area contributed by atoms with Crippen molar-refractivity contribution < 1.29 is 4.74 Å². The summed E-state index contributed by atoms with van der Waals surface area (Å²) in [5, 5.41) is 1.43.